The quantitative estimate of drug-likeness (QED) is 0.493. The van der Waals surface area contributed by atoms with E-state index in [1.54, 1.807) is 13.8 Å². The van der Waals surface area contributed by atoms with Crippen molar-refractivity contribution in [3.63, 3.8) is 0 Å². The lowest BCUT2D eigenvalue weighted by Gasteiger charge is -2.13. The minimum absolute atomic E-state index is 0.0342. The Morgan fingerprint density at radius 2 is 1.93 bits per heavy atom. The van der Waals surface area contributed by atoms with E-state index in [1.165, 1.54) is 28.8 Å². The smallest absolute Gasteiger partial charge is 0.468 e. The van der Waals surface area contributed by atoms with Crippen LogP contribution in [-0.4, -0.2) is 25.7 Å². The molecule has 0 atom stereocenters. The van der Waals surface area contributed by atoms with Crippen LogP contribution in [0, 0.1) is 24.0 Å². The fourth-order valence-electron chi connectivity index (χ4n) is 2.41. The Bertz CT molecular complexity index is 1020. The molecule has 27 heavy (non-hydrogen) atoms. The molecule has 0 saturated heterocycles. The van der Waals surface area contributed by atoms with Gasteiger partial charge in [-0.3, -0.25) is 4.40 Å². The molecule has 2 aromatic heterocycles. The maximum absolute atomic E-state index is 12.5. The standard InChI is InChI=1S/C16H13F3N4O4/c1-9-10(2)22-7-13(23(24)25)21-14(22)15(20-9)26-8-11-5-3-4-6-12(11)27-16(17,18)19/h3-7H,8H2,1-2H3. The van der Waals surface area contributed by atoms with Gasteiger partial charge in [0.1, 0.15) is 18.6 Å². The van der Waals surface area contributed by atoms with Crippen LogP contribution in [0.1, 0.15) is 17.0 Å². The first-order valence-electron chi connectivity index (χ1n) is 7.63. The van der Waals surface area contributed by atoms with E-state index in [2.05, 4.69) is 14.7 Å². The number of rotatable bonds is 5. The summed E-state index contributed by atoms with van der Waals surface area (Å²) in [6.07, 6.45) is -3.61. The third kappa shape index (κ3) is 3.91. The topological polar surface area (TPSA) is 91.8 Å². The SMILES string of the molecule is Cc1nc(OCc2ccccc2OC(F)(F)F)c2nc([N+](=O)[O-])cn2c1C. The van der Waals surface area contributed by atoms with Crippen LogP contribution in [0.5, 0.6) is 11.6 Å². The van der Waals surface area contributed by atoms with Gasteiger partial charge in [-0.05, 0) is 29.8 Å². The Morgan fingerprint density at radius 1 is 1.22 bits per heavy atom. The van der Waals surface area contributed by atoms with Crippen LogP contribution >= 0.6 is 0 Å². The van der Waals surface area contributed by atoms with Gasteiger partial charge in [0.25, 0.3) is 5.88 Å². The predicted octanol–water partition coefficient (Wildman–Crippen LogP) is 3.73. The zero-order valence-corrected chi connectivity index (χ0v) is 14.1. The molecule has 0 fully saturated rings. The zero-order valence-electron chi connectivity index (χ0n) is 14.1. The molecule has 0 aliphatic heterocycles. The Kier molecular flexibility index (Phi) is 4.60. The molecule has 142 valence electrons. The first-order valence-corrected chi connectivity index (χ1v) is 7.63. The number of hydrogen-bond acceptors (Lipinski definition) is 6. The second-order valence-electron chi connectivity index (χ2n) is 5.58. The highest BCUT2D eigenvalue weighted by Crippen LogP contribution is 2.28. The van der Waals surface area contributed by atoms with E-state index in [0.29, 0.717) is 11.4 Å². The molecule has 3 rings (SSSR count). The van der Waals surface area contributed by atoms with Crippen molar-refractivity contribution in [3.05, 3.63) is 57.5 Å². The van der Waals surface area contributed by atoms with Gasteiger partial charge in [-0.25, -0.2) is 4.98 Å². The predicted molar refractivity (Wildman–Crippen MR) is 86.6 cm³/mol. The summed E-state index contributed by atoms with van der Waals surface area (Å²) in [6.45, 7) is 3.09. The van der Waals surface area contributed by atoms with Crippen molar-refractivity contribution in [2.45, 2.75) is 26.8 Å². The summed E-state index contributed by atoms with van der Waals surface area (Å²) in [5.41, 5.74) is 1.39. The molecule has 8 nitrogen and oxygen atoms in total. The van der Waals surface area contributed by atoms with E-state index in [9.17, 15) is 23.3 Å². The molecule has 11 heteroatoms. The molecule has 2 heterocycles. The van der Waals surface area contributed by atoms with Crippen molar-refractivity contribution in [3.8, 4) is 11.6 Å². The number of hydrogen-bond donors (Lipinski definition) is 0. The van der Waals surface area contributed by atoms with Crippen LogP contribution in [0.4, 0.5) is 19.0 Å². The molecule has 3 aromatic rings. The van der Waals surface area contributed by atoms with Gasteiger partial charge in [0.05, 0.1) is 5.69 Å². The lowest BCUT2D eigenvalue weighted by Crippen LogP contribution is -2.18. The fourth-order valence-corrected chi connectivity index (χ4v) is 2.41. The lowest BCUT2D eigenvalue weighted by atomic mass is 10.2. The van der Waals surface area contributed by atoms with Gasteiger partial charge in [-0.15, -0.1) is 13.2 Å². The van der Waals surface area contributed by atoms with Crippen molar-refractivity contribution in [2.75, 3.05) is 0 Å². The maximum Gasteiger partial charge on any atom is 0.573 e. The van der Waals surface area contributed by atoms with Crippen LogP contribution in [0.25, 0.3) is 5.65 Å². The number of aromatic nitrogens is 3. The number of halogens is 3. The van der Waals surface area contributed by atoms with E-state index in [-0.39, 0.29) is 23.7 Å². The number of para-hydroxylation sites is 1. The number of aryl methyl sites for hydroxylation is 2. The monoisotopic (exact) mass is 382 g/mol. The Labute approximate surface area is 150 Å². The highest BCUT2D eigenvalue weighted by Gasteiger charge is 2.32. The van der Waals surface area contributed by atoms with E-state index >= 15 is 0 Å². The highest BCUT2D eigenvalue weighted by molar-refractivity contribution is 5.54. The minimum atomic E-state index is -4.84. The molecule has 0 unspecified atom stereocenters. The third-order valence-electron chi connectivity index (χ3n) is 3.79. The second-order valence-corrected chi connectivity index (χ2v) is 5.58. The van der Waals surface area contributed by atoms with Crippen molar-refractivity contribution >= 4 is 11.5 Å². The Morgan fingerprint density at radius 3 is 2.59 bits per heavy atom. The molecule has 0 spiro atoms. The molecule has 0 N–H and O–H groups in total. The number of nitrogens with zero attached hydrogens (tertiary/aromatic N) is 4. The molecule has 0 aliphatic rings. The first kappa shape index (κ1) is 18.4. The number of imidazole rings is 1. The summed E-state index contributed by atoms with van der Waals surface area (Å²) in [4.78, 5) is 18.4. The number of ether oxygens (including phenoxy) is 2. The number of alkyl halides is 3. The maximum atomic E-state index is 12.5. The van der Waals surface area contributed by atoms with E-state index in [0.717, 1.165) is 6.07 Å². The van der Waals surface area contributed by atoms with Gasteiger partial charge in [0.15, 0.2) is 0 Å². The molecular formula is C16H13F3N4O4. The molecule has 0 saturated carbocycles. The Hall–Kier alpha value is -3.37. The third-order valence-corrected chi connectivity index (χ3v) is 3.79. The van der Waals surface area contributed by atoms with E-state index < -0.39 is 22.9 Å². The molecule has 0 bridgehead atoms. The summed E-state index contributed by atoms with van der Waals surface area (Å²) >= 11 is 0. The average Bonchev–Trinajstić information content (AvgIpc) is 3.03. The van der Waals surface area contributed by atoms with Crippen molar-refractivity contribution in [2.24, 2.45) is 0 Å². The van der Waals surface area contributed by atoms with Crippen molar-refractivity contribution < 1.29 is 27.6 Å². The van der Waals surface area contributed by atoms with E-state index in [1.807, 2.05) is 0 Å². The highest BCUT2D eigenvalue weighted by atomic mass is 19.4. The first-order chi connectivity index (χ1) is 12.7. The van der Waals surface area contributed by atoms with Crippen LogP contribution < -0.4 is 9.47 Å². The van der Waals surface area contributed by atoms with E-state index in [4.69, 9.17) is 4.74 Å². The summed E-state index contributed by atoms with van der Waals surface area (Å²) in [7, 11) is 0. The summed E-state index contributed by atoms with van der Waals surface area (Å²) in [6, 6.07) is 5.50. The average molecular weight is 382 g/mol. The largest absolute Gasteiger partial charge is 0.573 e. The zero-order chi connectivity index (χ0) is 19.8. The number of benzene rings is 1. The summed E-state index contributed by atoms with van der Waals surface area (Å²) < 4.78 is 48.5. The van der Waals surface area contributed by atoms with Crippen LogP contribution in [0.15, 0.2) is 30.5 Å². The summed E-state index contributed by atoms with van der Waals surface area (Å²) in [5, 5.41) is 11.0. The molecule has 0 amide bonds. The fraction of sp³-hybridized carbons (Fsp3) is 0.250. The minimum Gasteiger partial charge on any atom is -0.468 e. The Balaban J connectivity index is 1.94. The van der Waals surface area contributed by atoms with Gasteiger partial charge in [-0.1, -0.05) is 18.2 Å². The molecular weight excluding hydrogens is 369 g/mol. The van der Waals surface area contributed by atoms with Gasteiger partial charge in [-0.2, -0.15) is 0 Å². The lowest BCUT2D eigenvalue weighted by molar-refractivity contribution is -0.389. The normalized spacial score (nSPS) is 11.6. The number of fused-ring (bicyclic) bond motifs is 1. The molecule has 0 radical (unpaired) electrons. The second kappa shape index (κ2) is 6.74. The van der Waals surface area contributed by atoms with Gasteiger partial charge >= 0.3 is 17.8 Å². The van der Waals surface area contributed by atoms with Crippen molar-refractivity contribution in [1.29, 1.82) is 0 Å². The van der Waals surface area contributed by atoms with Crippen molar-refractivity contribution in [1.82, 2.24) is 14.4 Å². The number of nitro groups is 1. The van der Waals surface area contributed by atoms with Gasteiger partial charge < -0.3 is 19.6 Å². The van der Waals surface area contributed by atoms with Crippen LogP contribution in [-0.2, 0) is 6.61 Å². The summed E-state index contributed by atoms with van der Waals surface area (Å²) in [5.74, 6) is -0.830. The van der Waals surface area contributed by atoms with Crippen LogP contribution in [0.2, 0.25) is 0 Å². The van der Waals surface area contributed by atoms with Gasteiger partial charge in [0, 0.05) is 11.3 Å². The van der Waals surface area contributed by atoms with Crippen LogP contribution in [0.3, 0.4) is 0 Å². The van der Waals surface area contributed by atoms with Gasteiger partial charge in [0.2, 0.25) is 0 Å². The molecule has 0 aliphatic carbocycles. The molecule has 1 aromatic carbocycles.